The van der Waals surface area contributed by atoms with Crippen LogP contribution in [-0.2, 0) is 20.4 Å². The fourth-order valence-corrected chi connectivity index (χ4v) is 6.49. The van der Waals surface area contributed by atoms with Gasteiger partial charge < -0.3 is 15.2 Å². The molecule has 0 aliphatic carbocycles. The number of aryl methyl sites for hydroxylation is 1. The zero-order valence-corrected chi connectivity index (χ0v) is 19.9. The van der Waals surface area contributed by atoms with Crippen LogP contribution >= 0.6 is 0 Å². The molecule has 0 radical (unpaired) electrons. The standard InChI is InChI=1S/C25H28N4O3S/c1-17-6-11-22-24(18(17)2)29-14-4-5-23(29)25(27-22)12-15-28(16-13-25)33(31,32)21-9-7-20(8-10-21)26-19(3)30/h4-11,14,27H,12-13,15-16H2,1-3H3,(H,26,30). The third-order valence-corrected chi connectivity index (χ3v) is 8.86. The van der Waals surface area contributed by atoms with Crippen LogP contribution in [0.1, 0.15) is 36.6 Å². The third kappa shape index (κ3) is 3.54. The van der Waals surface area contributed by atoms with Crippen molar-refractivity contribution in [3.63, 3.8) is 0 Å². The number of hydrogen-bond acceptors (Lipinski definition) is 4. The molecule has 1 amide bonds. The highest BCUT2D eigenvalue weighted by molar-refractivity contribution is 7.89. The Morgan fingerprint density at radius 2 is 1.73 bits per heavy atom. The van der Waals surface area contributed by atoms with Crippen LogP contribution in [0.25, 0.3) is 5.69 Å². The van der Waals surface area contributed by atoms with Crippen molar-refractivity contribution < 1.29 is 13.2 Å². The Balaban J connectivity index is 1.40. The van der Waals surface area contributed by atoms with Crippen LogP contribution < -0.4 is 10.6 Å². The van der Waals surface area contributed by atoms with Gasteiger partial charge in [0, 0.05) is 37.6 Å². The minimum Gasteiger partial charge on any atom is -0.372 e. The fourth-order valence-electron chi connectivity index (χ4n) is 5.05. The summed E-state index contributed by atoms with van der Waals surface area (Å²) in [4.78, 5) is 11.5. The molecule has 1 aromatic heterocycles. The van der Waals surface area contributed by atoms with Gasteiger partial charge in [0.1, 0.15) is 0 Å². The normalized spacial score (nSPS) is 17.2. The highest BCUT2D eigenvalue weighted by Gasteiger charge is 2.44. The van der Waals surface area contributed by atoms with E-state index in [4.69, 9.17) is 0 Å². The van der Waals surface area contributed by atoms with E-state index in [0.717, 1.165) is 5.69 Å². The summed E-state index contributed by atoms with van der Waals surface area (Å²) >= 11 is 0. The van der Waals surface area contributed by atoms with Crippen molar-refractivity contribution in [3.8, 4) is 5.69 Å². The molecule has 5 rings (SSSR count). The summed E-state index contributed by atoms with van der Waals surface area (Å²) in [6.45, 7) is 6.53. The molecule has 1 fully saturated rings. The topological polar surface area (TPSA) is 83.4 Å². The van der Waals surface area contributed by atoms with Crippen LogP contribution in [0.2, 0.25) is 0 Å². The predicted molar refractivity (Wildman–Crippen MR) is 129 cm³/mol. The largest absolute Gasteiger partial charge is 0.372 e. The van der Waals surface area contributed by atoms with Crippen LogP contribution in [0.15, 0.2) is 59.6 Å². The fraction of sp³-hybridized carbons (Fsp3) is 0.320. The Bertz CT molecular complexity index is 1330. The second kappa shape index (κ2) is 7.74. The maximum absolute atomic E-state index is 13.3. The first kappa shape index (κ1) is 21.7. The molecule has 2 aliphatic heterocycles. The molecule has 1 spiro atoms. The Labute approximate surface area is 194 Å². The number of nitrogens with zero attached hydrogens (tertiary/aromatic N) is 2. The summed E-state index contributed by atoms with van der Waals surface area (Å²) in [7, 11) is -3.61. The summed E-state index contributed by atoms with van der Waals surface area (Å²) in [6.07, 6.45) is 3.45. The molecule has 0 atom stereocenters. The number of carbonyl (C=O) groups excluding carboxylic acids is 1. The Morgan fingerprint density at radius 3 is 2.39 bits per heavy atom. The molecule has 2 aliphatic rings. The molecule has 0 bridgehead atoms. The summed E-state index contributed by atoms with van der Waals surface area (Å²) < 4.78 is 30.4. The number of fused-ring (bicyclic) bond motifs is 4. The van der Waals surface area contributed by atoms with Crippen LogP contribution in [0, 0.1) is 13.8 Å². The van der Waals surface area contributed by atoms with Gasteiger partial charge in [0.05, 0.1) is 21.8 Å². The van der Waals surface area contributed by atoms with Crippen molar-refractivity contribution in [1.29, 1.82) is 0 Å². The molecule has 3 aromatic rings. The van der Waals surface area contributed by atoms with Crippen LogP contribution in [0.5, 0.6) is 0 Å². The number of carbonyl (C=O) groups is 1. The van der Waals surface area contributed by atoms with E-state index >= 15 is 0 Å². The second-order valence-corrected chi connectivity index (χ2v) is 10.9. The van der Waals surface area contributed by atoms with E-state index in [1.54, 1.807) is 28.6 Å². The van der Waals surface area contributed by atoms with E-state index in [-0.39, 0.29) is 16.3 Å². The third-order valence-electron chi connectivity index (χ3n) is 6.94. The Hall–Kier alpha value is -3.10. The lowest BCUT2D eigenvalue weighted by Gasteiger charge is -2.46. The van der Waals surface area contributed by atoms with Gasteiger partial charge in [-0.1, -0.05) is 6.07 Å². The van der Waals surface area contributed by atoms with Gasteiger partial charge in [-0.25, -0.2) is 8.42 Å². The minimum atomic E-state index is -3.61. The quantitative estimate of drug-likeness (QED) is 0.610. The monoisotopic (exact) mass is 464 g/mol. The Kier molecular flexibility index (Phi) is 5.10. The van der Waals surface area contributed by atoms with Crippen LogP contribution in [0.4, 0.5) is 11.4 Å². The lowest BCUT2D eigenvalue weighted by atomic mass is 9.82. The number of rotatable bonds is 3. The van der Waals surface area contributed by atoms with Gasteiger partial charge in [-0.3, -0.25) is 4.79 Å². The predicted octanol–water partition coefficient (Wildman–Crippen LogP) is 4.16. The average Bonchev–Trinajstić information content (AvgIpc) is 3.28. The summed E-state index contributed by atoms with van der Waals surface area (Å²) in [5, 5.41) is 6.44. The molecule has 172 valence electrons. The maximum Gasteiger partial charge on any atom is 0.243 e. The first-order valence-electron chi connectivity index (χ1n) is 11.2. The van der Waals surface area contributed by atoms with Crippen molar-refractivity contribution in [2.24, 2.45) is 0 Å². The second-order valence-electron chi connectivity index (χ2n) is 8.98. The number of aromatic nitrogens is 1. The van der Waals surface area contributed by atoms with Gasteiger partial charge in [0.2, 0.25) is 15.9 Å². The SMILES string of the molecule is CC(=O)Nc1ccc(S(=O)(=O)N2CCC3(CC2)Nc2ccc(C)c(C)c2-n2cccc23)cc1. The lowest BCUT2D eigenvalue weighted by molar-refractivity contribution is -0.114. The van der Waals surface area contributed by atoms with Gasteiger partial charge in [0.15, 0.2) is 0 Å². The highest BCUT2D eigenvalue weighted by Crippen LogP contribution is 2.45. The van der Waals surface area contributed by atoms with Gasteiger partial charge in [0.25, 0.3) is 0 Å². The van der Waals surface area contributed by atoms with E-state index < -0.39 is 10.0 Å². The first-order chi connectivity index (χ1) is 15.7. The van der Waals surface area contributed by atoms with E-state index in [1.165, 1.54) is 29.4 Å². The number of amides is 1. The molecule has 33 heavy (non-hydrogen) atoms. The van der Waals surface area contributed by atoms with Gasteiger partial charge in [-0.15, -0.1) is 0 Å². The molecule has 2 aromatic carbocycles. The van der Waals surface area contributed by atoms with Crippen molar-refractivity contribution in [3.05, 3.63) is 71.5 Å². The van der Waals surface area contributed by atoms with Crippen LogP contribution in [0.3, 0.4) is 0 Å². The maximum atomic E-state index is 13.3. The van der Waals surface area contributed by atoms with E-state index in [2.05, 4.69) is 59.5 Å². The summed E-state index contributed by atoms with van der Waals surface area (Å²) in [5.41, 5.74) is 6.21. The average molecular weight is 465 g/mol. The van der Waals surface area contributed by atoms with E-state index in [9.17, 15) is 13.2 Å². The molecule has 8 heteroatoms. The zero-order chi connectivity index (χ0) is 23.4. The number of piperidine rings is 1. The molecular formula is C25H28N4O3S. The first-order valence-corrected chi connectivity index (χ1v) is 12.6. The molecule has 0 unspecified atom stereocenters. The smallest absolute Gasteiger partial charge is 0.243 e. The van der Waals surface area contributed by atoms with Crippen molar-refractivity contribution in [1.82, 2.24) is 8.87 Å². The molecule has 2 N–H and O–H groups in total. The highest BCUT2D eigenvalue weighted by atomic mass is 32.2. The van der Waals surface area contributed by atoms with Crippen molar-refractivity contribution >= 4 is 27.3 Å². The molecule has 7 nitrogen and oxygen atoms in total. The number of benzene rings is 2. The number of hydrogen-bond donors (Lipinski definition) is 2. The number of anilines is 2. The van der Waals surface area contributed by atoms with Gasteiger partial charge in [-0.05, 0) is 80.3 Å². The van der Waals surface area contributed by atoms with Gasteiger partial charge in [-0.2, -0.15) is 4.31 Å². The van der Waals surface area contributed by atoms with Crippen LogP contribution in [-0.4, -0.2) is 36.3 Å². The minimum absolute atomic E-state index is 0.191. The molecule has 0 saturated carbocycles. The van der Waals surface area contributed by atoms with Crippen molar-refractivity contribution in [2.45, 2.75) is 44.0 Å². The Morgan fingerprint density at radius 1 is 1.03 bits per heavy atom. The van der Waals surface area contributed by atoms with E-state index in [1.807, 2.05) is 0 Å². The summed E-state index contributed by atoms with van der Waals surface area (Å²) in [6, 6.07) is 14.8. The number of nitrogens with one attached hydrogen (secondary N) is 2. The molecular weight excluding hydrogens is 436 g/mol. The zero-order valence-electron chi connectivity index (χ0n) is 19.1. The number of sulfonamides is 1. The summed E-state index contributed by atoms with van der Waals surface area (Å²) in [5.74, 6) is -0.191. The lowest BCUT2D eigenvalue weighted by Crippen LogP contribution is -2.51. The van der Waals surface area contributed by atoms with Crippen molar-refractivity contribution in [2.75, 3.05) is 23.7 Å². The van der Waals surface area contributed by atoms with E-state index in [0.29, 0.717) is 31.6 Å². The molecule has 1 saturated heterocycles. The molecule has 3 heterocycles. The van der Waals surface area contributed by atoms with Gasteiger partial charge >= 0.3 is 0 Å².